The largest absolute Gasteiger partial charge is 0.493 e. The van der Waals surface area contributed by atoms with Crippen molar-refractivity contribution in [2.75, 3.05) is 26.9 Å². The van der Waals surface area contributed by atoms with Crippen LogP contribution in [0.25, 0.3) is 6.08 Å². The van der Waals surface area contributed by atoms with E-state index in [1.807, 2.05) is 6.07 Å². The van der Waals surface area contributed by atoms with Gasteiger partial charge in [-0.3, -0.25) is 4.79 Å². The molecule has 7 heteroatoms. The van der Waals surface area contributed by atoms with Gasteiger partial charge in [0.25, 0.3) is 5.91 Å². The number of nitrogens with zero attached hydrogens (tertiary/aromatic N) is 1. The Morgan fingerprint density at radius 2 is 2.38 bits per heavy atom. The van der Waals surface area contributed by atoms with Crippen LogP contribution in [-0.4, -0.2) is 38.9 Å². The first-order valence-electron chi connectivity index (χ1n) is 8.04. The van der Waals surface area contributed by atoms with Crippen molar-refractivity contribution in [2.24, 2.45) is 0 Å². The summed E-state index contributed by atoms with van der Waals surface area (Å²) in [5.74, 6) is 2.85. The van der Waals surface area contributed by atoms with Crippen molar-refractivity contribution < 1.29 is 19.0 Å². The van der Waals surface area contributed by atoms with Crippen molar-refractivity contribution >= 4 is 27.9 Å². The lowest BCUT2D eigenvalue weighted by molar-refractivity contribution is -0.117. The maximum Gasteiger partial charge on any atom is 0.262 e. The molecule has 0 spiro atoms. The average Bonchev–Trinajstić information content (AvgIpc) is 3.16. The molecule has 1 saturated heterocycles. The number of nitrogens with one attached hydrogen (secondary N) is 1. The van der Waals surface area contributed by atoms with Crippen molar-refractivity contribution in [1.82, 2.24) is 5.32 Å². The van der Waals surface area contributed by atoms with Crippen LogP contribution < -0.4 is 14.8 Å². The van der Waals surface area contributed by atoms with Gasteiger partial charge in [0.1, 0.15) is 18.2 Å². The van der Waals surface area contributed by atoms with Crippen LogP contribution in [0.15, 0.2) is 22.2 Å². The van der Waals surface area contributed by atoms with Crippen molar-refractivity contribution in [1.29, 1.82) is 5.26 Å². The van der Waals surface area contributed by atoms with Crippen LogP contribution in [0.2, 0.25) is 0 Å². The van der Waals surface area contributed by atoms with Gasteiger partial charge in [-0.2, -0.15) is 5.26 Å². The molecule has 0 bridgehead atoms. The Balaban J connectivity index is 2.16. The molecule has 0 aromatic heterocycles. The fourth-order valence-corrected chi connectivity index (χ4v) is 3.07. The zero-order valence-corrected chi connectivity index (χ0v) is 16.0. The molecule has 1 heterocycles. The Bertz CT molecular complexity index is 771. The molecule has 1 aromatic rings. The molecule has 136 valence electrons. The van der Waals surface area contributed by atoms with Gasteiger partial charge in [-0.1, -0.05) is 5.92 Å². The van der Waals surface area contributed by atoms with E-state index in [0.717, 1.165) is 12.8 Å². The predicted octanol–water partition coefficient (Wildman–Crippen LogP) is 2.67. The molecule has 0 radical (unpaired) electrons. The highest BCUT2D eigenvalue weighted by molar-refractivity contribution is 9.10. The third kappa shape index (κ3) is 5.26. The lowest BCUT2D eigenvalue weighted by Gasteiger charge is -2.12. The van der Waals surface area contributed by atoms with Gasteiger partial charge in [0.15, 0.2) is 11.5 Å². The molecule has 26 heavy (non-hydrogen) atoms. The zero-order chi connectivity index (χ0) is 18.9. The van der Waals surface area contributed by atoms with Crippen molar-refractivity contribution in [3.8, 4) is 29.9 Å². The lowest BCUT2D eigenvalue weighted by Crippen LogP contribution is -2.32. The van der Waals surface area contributed by atoms with Crippen LogP contribution in [0, 0.1) is 23.7 Å². The molecule has 1 N–H and O–H groups in total. The van der Waals surface area contributed by atoms with E-state index in [-0.39, 0.29) is 18.3 Å². The maximum absolute atomic E-state index is 12.2. The fourth-order valence-electron chi connectivity index (χ4n) is 2.50. The van der Waals surface area contributed by atoms with Crippen molar-refractivity contribution in [3.05, 3.63) is 27.7 Å². The quantitative estimate of drug-likeness (QED) is 0.418. The summed E-state index contributed by atoms with van der Waals surface area (Å²) in [5.41, 5.74) is 0.611. The van der Waals surface area contributed by atoms with Crippen LogP contribution in [-0.2, 0) is 9.53 Å². The van der Waals surface area contributed by atoms with Crippen LogP contribution in [0.1, 0.15) is 18.4 Å². The van der Waals surface area contributed by atoms with E-state index in [1.54, 1.807) is 12.1 Å². The zero-order valence-electron chi connectivity index (χ0n) is 14.4. The van der Waals surface area contributed by atoms with Gasteiger partial charge in [-0.25, -0.2) is 0 Å². The van der Waals surface area contributed by atoms with Crippen LogP contribution in [0.3, 0.4) is 0 Å². The molecule has 2 rings (SSSR count). The normalized spacial score (nSPS) is 16.5. The maximum atomic E-state index is 12.2. The predicted molar refractivity (Wildman–Crippen MR) is 101 cm³/mol. The number of nitriles is 1. The van der Waals surface area contributed by atoms with E-state index in [1.165, 1.54) is 13.2 Å². The molecular formula is C19H19BrN2O4. The Hall–Kier alpha value is -2.48. The molecule has 1 aromatic carbocycles. The summed E-state index contributed by atoms with van der Waals surface area (Å²) in [6.07, 6.45) is 8.61. The molecule has 1 aliphatic heterocycles. The molecule has 1 atom stereocenters. The van der Waals surface area contributed by atoms with Gasteiger partial charge in [-0.15, -0.1) is 6.42 Å². The Kier molecular flexibility index (Phi) is 7.53. The second-order valence-corrected chi connectivity index (χ2v) is 6.40. The number of hydrogen-bond donors (Lipinski definition) is 1. The van der Waals surface area contributed by atoms with E-state index in [9.17, 15) is 10.1 Å². The third-order valence-electron chi connectivity index (χ3n) is 3.74. The Labute approximate surface area is 161 Å². The number of terminal acetylenes is 1. The summed E-state index contributed by atoms with van der Waals surface area (Å²) in [5, 5.41) is 12.0. The first-order chi connectivity index (χ1) is 12.6. The van der Waals surface area contributed by atoms with E-state index < -0.39 is 5.91 Å². The van der Waals surface area contributed by atoms with Gasteiger partial charge in [0.2, 0.25) is 0 Å². The van der Waals surface area contributed by atoms with Crippen LogP contribution in [0.4, 0.5) is 0 Å². The monoisotopic (exact) mass is 418 g/mol. The molecule has 1 amide bonds. The molecule has 1 fully saturated rings. The summed E-state index contributed by atoms with van der Waals surface area (Å²) in [6.45, 7) is 1.20. The van der Waals surface area contributed by atoms with E-state index in [4.69, 9.17) is 20.6 Å². The van der Waals surface area contributed by atoms with Gasteiger partial charge < -0.3 is 19.5 Å². The van der Waals surface area contributed by atoms with E-state index in [0.29, 0.717) is 34.7 Å². The third-order valence-corrected chi connectivity index (χ3v) is 4.33. The Morgan fingerprint density at radius 3 is 3.00 bits per heavy atom. The molecule has 6 nitrogen and oxygen atoms in total. The number of methoxy groups -OCH3 is 1. The summed E-state index contributed by atoms with van der Waals surface area (Å²) >= 11 is 3.39. The summed E-state index contributed by atoms with van der Waals surface area (Å²) in [4.78, 5) is 12.2. The SMILES string of the molecule is C#CCOc1c(Br)cc(/C=C(\C#N)C(=O)NC[C@@H]2CCCO2)cc1OC. The number of carbonyl (C=O) groups is 1. The van der Waals surface area contributed by atoms with Crippen LogP contribution in [0.5, 0.6) is 11.5 Å². The molecule has 0 saturated carbocycles. The topological polar surface area (TPSA) is 80.6 Å². The molecule has 0 aliphatic carbocycles. The Morgan fingerprint density at radius 1 is 1.58 bits per heavy atom. The van der Waals surface area contributed by atoms with Crippen molar-refractivity contribution in [2.45, 2.75) is 18.9 Å². The molecule has 1 aliphatic rings. The summed E-state index contributed by atoms with van der Waals surface area (Å²) in [7, 11) is 1.50. The lowest BCUT2D eigenvalue weighted by atomic mass is 10.1. The average molecular weight is 419 g/mol. The summed E-state index contributed by atoms with van der Waals surface area (Å²) < 4.78 is 16.8. The molecule has 0 unspecified atom stereocenters. The molecular weight excluding hydrogens is 400 g/mol. The fraction of sp³-hybridized carbons (Fsp3) is 0.368. The second-order valence-electron chi connectivity index (χ2n) is 5.54. The number of amides is 1. The summed E-state index contributed by atoms with van der Waals surface area (Å²) in [6, 6.07) is 5.32. The minimum atomic E-state index is -0.439. The minimum absolute atomic E-state index is 0.00533. The highest BCUT2D eigenvalue weighted by Crippen LogP contribution is 2.37. The van der Waals surface area contributed by atoms with Crippen molar-refractivity contribution in [3.63, 3.8) is 0 Å². The number of ether oxygens (including phenoxy) is 3. The van der Waals surface area contributed by atoms with E-state index in [2.05, 4.69) is 27.2 Å². The first kappa shape index (κ1) is 19.8. The first-order valence-corrected chi connectivity index (χ1v) is 8.83. The highest BCUT2D eigenvalue weighted by Gasteiger charge is 2.18. The number of halogens is 1. The number of rotatable bonds is 7. The van der Waals surface area contributed by atoms with Gasteiger partial charge in [0.05, 0.1) is 17.7 Å². The van der Waals surface area contributed by atoms with Gasteiger partial charge in [0, 0.05) is 13.2 Å². The minimum Gasteiger partial charge on any atom is -0.493 e. The number of hydrogen-bond acceptors (Lipinski definition) is 5. The van der Waals surface area contributed by atoms with Gasteiger partial charge >= 0.3 is 0 Å². The van der Waals surface area contributed by atoms with Crippen LogP contribution >= 0.6 is 15.9 Å². The number of benzene rings is 1. The standard InChI is InChI=1S/C19H19BrN2O4/c1-3-6-26-18-16(20)9-13(10-17(18)24-2)8-14(11-21)19(23)22-12-15-5-4-7-25-15/h1,8-10,15H,4-7,12H2,2H3,(H,22,23)/b14-8+/t15-/m0/s1. The number of carbonyl (C=O) groups excluding carboxylic acids is 1. The van der Waals surface area contributed by atoms with Gasteiger partial charge in [-0.05, 0) is 52.5 Å². The smallest absolute Gasteiger partial charge is 0.262 e. The second kappa shape index (κ2) is 9.86. The highest BCUT2D eigenvalue weighted by atomic mass is 79.9. The van der Waals surface area contributed by atoms with E-state index >= 15 is 0 Å².